The van der Waals surface area contributed by atoms with Crippen LogP contribution in [0.25, 0.3) is 0 Å². The normalized spacial score (nSPS) is 21.4. The van der Waals surface area contributed by atoms with E-state index < -0.39 is 0 Å². The highest BCUT2D eigenvalue weighted by Crippen LogP contribution is 2.33. The molecule has 5 nitrogen and oxygen atoms in total. The van der Waals surface area contributed by atoms with Crippen molar-refractivity contribution in [2.75, 3.05) is 33.7 Å². The molecule has 2 atom stereocenters. The first-order valence-corrected chi connectivity index (χ1v) is 11.0. The van der Waals surface area contributed by atoms with Crippen LogP contribution in [0.3, 0.4) is 0 Å². The van der Waals surface area contributed by atoms with Crippen molar-refractivity contribution in [2.45, 2.75) is 52.6 Å². The molecule has 2 bridgehead atoms. The fourth-order valence-electron chi connectivity index (χ4n) is 3.56. The number of hydrogen-bond donors (Lipinski definition) is 0. The molecule has 0 saturated carbocycles. The Bertz CT molecular complexity index is 679. The van der Waals surface area contributed by atoms with Gasteiger partial charge in [0, 0.05) is 30.6 Å². The molecule has 2 amide bonds. The summed E-state index contributed by atoms with van der Waals surface area (Å²) >= 11 is 1.55. The first-order valence-electron chi connectivity index (χ1n) is 10.2. The van der Waals surface area contributed by atoms with E-state index in [4.69, 9.17) is 0 Å². The molecule has 1 aromatic rings. The highest BCUT2D eigenvalue weighted by molar-refractivity contribution is 7.13. The maximum Gasteiger partial charge on any atom is 0.264 e. The minimum absolute atomic E-state index is 0.0628. The smallest absolute Gasteiger partial charge is 0.264 e. The third-order valence-corrected chi connectivity index (χ3v) is 5.70. The van der Waals surface area contributed by atoms with E-state index in [1.807, 2.05) is 53.9 Å². The predicted molar refractivity (Wildman–Crippen MR) is 117 cm³/mol. The van der Waals surface area contributed by atoms with Crippen LogP contribution in [0.2, 0.25) is 0 Å². The number of rotatable bonds is 4. The molecule has 2 unspecified atom stereocenters. The fraction of sp³-hybridized carbons (Fsp3) is 0.636. The van der Waals surface area contributed by atoms with Gasteiger partial charge in [0.05, 0.1) is 17.0 Å². The Labute approximate surface area is 174 Å². The van der Waals surface area contributed by atoms with Crippen molar-refractivity contribution in [1.29, 1.82) is 0 Å². The molecule has 0 aliphatic carbocycles. The third-order valence-electron chi connectivity index (χ3n) is 4.71. The molecule has 0 radical (unpaired) electrons. The first-order chi connectivity index (χ1) is 13.2. The summed E-state index contributed by atoms with van der Waals surface area (Å²) in [5, 5.41) is 0. The van der Waals surface area contributed by atoms with Gasteiger partial charge in [0.25, 0.3) is 5.91 Å². The molecule has 2 fully saturated rings. The van der Waals surface area contributed by atoms with E-state index in [0.29, 0.717) is 13.1 Å². The fourth-order valence-corrected chi connectivity index (χ4v) is 4.37. The van der Waals surface area contributed by atoms with Crippen LogP contribution in [0.1, 0.15) is 48.2 Å². The van der Waals surface area contributed by atoms with E-state index in [-0.39, 0.29) is 23.9 Å². The minimum atomic E-state index is 0.0628. The topological polar surface area (TPSA) is 43.9 Å². The average Bonchev–Trinajstić information content (AvgIpc) is 3.14. The van der Waals surface area contributed by atoms with Crippen molar-refractivity contribution in [1.82, 2.24) is 14.7 Å². The van der Waals surface area contributed by atoms with Gasteiger partial charge >= 0.3 is 0 Å². The molecule has 3 rings (SSSR count). The lowest BCUT2D eigenvalue weighted by molar-refractivity contribution is -0.128. The van der Waals surface area contributed by atoms with Crippen LogP contribution < -0.4 is 0 Å². The molecule has 2 aliphatic rings. The Morgan fingerprint density at radius 1 is 1.18 bits per heavy atom. The SMILES string of the molecule is CC(C)C.Cc1ccc(C(=O)N2C3CCC2CN(C(=O)/C=C/CN(C)C)C3)s1. The number of hydrogen-bond acceptors (Lipinski definition) is 4. The van der Waals surface area contributed by atoms with Gasteiger partial charge in [-0.25, -0.2) is 0 Å². The molecule has 156 valence electrons. The number of amides is 2. The number of likely N-dealkylation sites (tertiary alicyclic amines) is 1. The van der Waals surface area contributed by atoms with Crippen LogP contribution in [0.5, 0.6) is 0 Å². The van der Waals surface area contributed by atoms with Gasteiger partial charge in [-0.1, -0.05) is 26.8 Å². The number of nitrogens with zero attached hydrogens (tertiary/aromatic N) is 3. The Kier molecular flexibility index (Phi) is 8.25. The van der Waals surface area contributed by atoms with Crippen molar-refractivity contribution in [3.05, 3.63) is 34.0 Å². The van der Waals surface area contributed by atoms with Crippen molar-refractivity contribution in [3.8, 4) is 0 Å². The van der Waals surface area contributed by atoms with Crippen molar-refractivity contribution >= 4 is 23.2 Å². The first kappa shape index (κ1) is 22.6. The van der Waals surface area contributed by atoms with Gasteiger partial charge in [-0.2, -0.15) is 0 Å². The highest BCUT2D eigenvalue weighted by Gasteiger charge is 2.43. The predicted octanol–water partition coefficient (Wildman–Crippen LogP) is 3.65. The summed E-state index contributed by atoms with van der Waals surface area (Å²) in [6.45, 7) is 10.6. The Morgan fingerprint density at radius 3 is 2.21 bits per heavy atom. The maximum atomic E-state index is 12.8. The molecule has 6 heteroatoms. The number of carbonyl (C=O) groups is 2. The van der Waals surface area contributed by atoms with Gasteiger partial charge in [0.15, 0.2) is 0 Å². The number of carbonyl (C=O) groups excluding carboxylic acids is 2. The lowest BCUT2D eigenvalue weighted by atomic mass is 10.1. The van der Waals surface area contributed by atoms with Crippen LogP contribution >= 0.6 is 11.3 Å². The molecule has 1 aromatic heterocycles. The van der Waals surface area contributed by atoms with E-state index in [2.05, 4.69) is 20.8 Å². The van der Waals surface area contributed by atoms with Gasteiger partial charge < -0.3 is 14.7 Å². The molecule has 0 spiro atoms. The lowest BCUT2D eigenvalue weighted by Gasteiger charge is -2.40. The molecule has 0 aromatic carbocycles. The quantitative estimate of drug-likeness (QED) is 0.718. The van der Waals surface area contributed by atoms with Gasteiger partial charge in [-0.05, 0) is 51.9 Å². The zero-order valence-electron chi connectivity index (χ0n) is 18.1. The summed E-state index contributed by atoms with van der Waals surface area (Å²) in [6.07, 6.45) is 5.55. The molecule has 0 N–H and O–H groups in total. The number of piperazine rings is 1. The van der Waals surface area contributed by atoms with Crippen LogP contribution in [0.4, 0.5) is 0 Å². The third kappa shape index (κ3) is 6.17. The molecule has 2 saturated heterocycles. The minimum Gasteiger partial charge on any atom is -0.335 e. The van der Waals surface area contributed by atoms with Crippen LogP contribution in [0, 0.1) is 12.8 Å². The molecule has 3 heterocycles. The summed E-state index contributed by atoms with van der Waals surface area (Å²) in [7, 11) is 3.96. The van der Waals surface area contributed by atoms with Gasteiger partial charge in [-0.15, -0.1) is 11.3 Å². The van der Waals surface area contributed by atoms with Crippen LogP contribution in [-0.4, -0.2) is 72.3 Å². The summed E-state index contributed by atoms with van der Waals surface area (Å²) in [4.78, 5) is 33.1. The number of fused-ring (bicyclic) bond motifs is 2. The number of likely N-dealkylation sites (N-methyl/N-ethyl adjacent to an activating group) is 1. The van der Waals surface area contributed by atoms with Crippen molar-refractivity contribution < 1.29 is 9.59 Å². The highest BCUT2D eigenvalue weighted by atomic mass is 32.1. The van der Waals surface area contributed by atoms with E-state index in [9.17, 15) is 9.59 Å². The average molecular weight is 406 g/mol. The van der Waals surface area contributed by atoms with E-state index in [0.717, 1.165) is 35.1 Å². The second-order valence-electron chi connectivity index (χ2n) is 8.65. The number of aryl methyl sites for hydroxylation is 1. The van der Waals surface area contributed by atoms with Gasteiger partial charge in [0.1, 0.15) is 0 Å². The van der Waals surface area contributed by atoms with E-state index in [1.54, 1.807) is 17.4 Å². The Hall–Kier alpha value is -1.66. The summed E-state index contributed by atoms with van der Waals surface area (Å²) < 4.78 is 0. The van der Waals surface area contributed by atoms with E-state index in [1.165, 1.54) is 0 Å². The van der Waals surface area contributed by atoms with Crippen molar-refractivity contribution in [2.24, 2.45) is 5.92 Å². The molecular formula is C22H35N3O2S. The zero-order valence-corrected chi connectivity index (χ0v) is 19.0. The second-order valence-corrected chi connectivity index (χ2v) is 9.94. The zero-order chi connectivity index (χ0) is 20.8. The molecule has 28 heavy (non-hydrogen) atoms. The largest absolute Gasteiger partial charge is 0.335 e. The van der Waals surface area contributed by atoms with Crippen LogP contribution in [0.15, 0.2) is 24.3 Å². The Morgan fingerprint density at radius 2 is 1.75 bits per heavy atom. The summed E-state index contributed by atoms with van der Waals surface area (Å²) in [5.41, 5.74) is 0. The van der Waals surface area contributed by atoms with Crippen LogP contribution in [-0.2, 0) is 4.79 Å². The Balaban J connectivity index is 0.000000640. The van der Waals surface area contributed by atoms with Gasteiger partial charge in [0.2, 0.25) is 5.91 Å². The number of thiophene rings is 1. The maximum absolute atomic E-state index is 12.8. The monoisotopic (exact) mass is 405 g/mol. The summed E-state index contributed by atoms with van der Waals surface area (Å²) in [6, 6.07) is 4.23. The van der Waals surface area contributed by atoms with Gasteiger partial charge in [-0.3, -0.25) is 9.59 Å². The van der Waals surface area contributed by atoms with E-state index >= 15 is 0 Å². The second kappa shape index (κ2) is 10.2. The lowest BCUT2D eigenvalue weighted by Crippen LogP contribution is -2.56. The molecule has 2 aliphatic heterocycles. The summed E-state index contributed by atoms with van der Waals surface area (Å²) in [5.74, 6) is 1.03. The standard InChI is InChI=1S/C18H25N3O2S.C4H10/c1-13-6-9-16(24-13)18(23)21-14-7-8-15(21)12-20(11-14)17(22)5-4-10-19(2)3;1-4(2)3/h4-6,9,14-15H,7-8,10-12H2,1-3H3;4H,1-3H3/b5-4+;. The van der Waals surface area contributed by atoms with Crippen molar-refractivity contribution in [3.63, 3.8) is 0 Å². The molecular weight excluding hydrogens is 370 g/mol.